The molecule has 0 fully saturated rings. The summed E-state index contributed by atoms with van der Waals surface area (Å²) in [5.74, 6) is 0.734. The number of aromatic nitrogens is 3. The third-order valence-corrected chi connectivity index (χ3v) is 5.49. The lowest BCUT2D eigenvalue weighted by molar-refractivity contribution is 0.0996. The Morgan fingerprint density at radius 1 is 1.03 bits per heavy atom. The third-order valence-electron chi connectivity index (χ3n) is 5.49. The van der Waals surface area contributed by atoms with Crippen molar-refractivity contribution in [3.05, 3.63) is 108 Å². The highest BCUT2D eigenvalue weighted by molar-refractivity contribution is 6.03. The lowest BCUT2D eigenvalue weighted by Crippen LogP contribution is -2.15. The maximum absolute atomic E-state index is 12.5. The maximum atomic E-state index is 12.5. The molecule has 4 aromatic heterocycles. The molecule has 0 spiro atoms. The molecule has 0 saturated carbocycles. The quantitative estimate of drug-likeness (QED) is 0.320. The van der Waals surface area contributed by atoms with Crippen LogP contribution in [0.25, 0.3) is 10.9 Å². The zero-order valence-corrected chi connectivity index (χ0v) is 18.3. The van der Waals surface area contributed by atoms with Crippen LogP contribution in [0.3, 0.4) is 0 Å². The summed E-state index contributed by atoms with van der Waals surface area (Å²) in [7, 11) is 0. The Kier molecular flexibility index (Phi) is 5.36. The van der Waals surface area contributed by atoms with E-state index in [1.165, 1.54) is 6.26 Å². The largest absolute Gasteiger partial charge is 0.459 e. The first kappa shape index (κ1) is 20.5. The highest BCUT2D eigenvalue weighted by Gasteiger charge is 2.23. The number of hydrogen-bond donors (Lipinski definition) is 3. The lowest BCUT2D eigenvalue weighted by Gasteiger charge is -2.20. The molecule has 0 saturated heterocycles. The smallest absolute Gasteiger partial charge is 0.291 e. The second kappa shape index (κ2) is 8.63. The van der Waals surface area contributed by atoms with Gasteiger partial charge in [0.15, 0.2) is 5.76 Å². The van der Waals surface area contributed by atoms with Crippen LogP contribution in [0.1, 0.15) is 39.2 Å². The average Bonchev–Trinajstić information content (AvgIpc) is 3.46. The lowest BCUT2D eigenvalue weighted by atomic mass is 9.99. The summed E-state index contributed by atoms with van der Waals surface area (Å²) in [4.78, 5) is 25.2. The zero-order valence-electron chi connectivity index (χ0n) is 18.3. The van der Waals surface area contributed by atoms with Crippen LogP contribution >= 0.6 is 0 Å². The molecule has 5 aromatic rings. The van der Waals surface area contributed by atoms with Crippen LogP contribution in [0.2, 0.25) is 0 Å². The van der Waals surface area contributed by atoms with Crippen molar-refractivity contribution in [2.24, 2.45) is 0 Å². The van der Waals surface area contributed by atoms with Crippen molar-refractivity contribution < 1.29 is 9.21 Å². The van der Waals surface area contributed by atoms with E-state index in [-0.39, 0.29) is 17.7 Å². The summed E-state index contributed by atoms with van der Waals surface area (Å²) in [5.41, 5.74) is 5.50. The fourth-order valence-electron chi connectivity index (χ4n) is 4.01. The fourth-order valence-corrected chi connectivity index (χ4v) is 4.01. The van der Waals surface area contributed by atoms with E-state index in [9.17, 15) is 4.79 Å². The Hall–Kier alpha value is -4.39. The van der Waals surface area contributed by atoms with Crippen LogP contribution in [-0.4, -0.2) is 20.9 Å². The summed E-state index contributed by atoms with van der Waals surface area (Å²) in [5, 5.41) is 7.46. The number of hydrogen-bond acceptors (Lipinski definition) is 5. The number of aryl methyl sites for hydroxylation is 2. The highest BCUT2D eigenvalue weighted by atomic mass is 16.3. The molecule has 164 valence electrons. The number of benzene rings is 1. The van der Waals surface area contributed by atoms with Gasteiger partial charge in [-0.3, -0.25) is 9.78 Å². The van der Waals surface area contributed by atoms with Gasteiger partial charge in [0, 0.05) is 39.7 Å². The summed E-state index contributed by atoms with van der Waals surface area (Å²) in [6.07, 6.45) is 3.26. The van der Waals surface area contributed by atoms with Crippen LogP contribution in [0.15, 0.2) is 83.6 Å². The molecule has 7 heteroatoms. The number of fused-ring (bicyclic) bond motifs is 1. The summed E-state index contributed by atoms with van der Waals surface area (Å²) in [6, 6.07) is 20.6. The van der Waals surface area contributed by atoms with Crippen molar-refractivity contribution in [1.29, 1.82) is 0 Å². The molecule has 1 atom stereocenters. The first-order chi connectivity index (χ1) is 16.1. The van der Waals surface area contributed by atoms with Crippen molar-refractivity contribution in [2.75, 3.05) is 10.6 Å². The van der Waals surface area contributed by atoms with Crippen LogP contribution < -0.4 is 10.6 Å². The van der Waals surface area contributed by atoms with Crippen LogP contribution in [-0.2, 0) is 0 Å². The zero-order chi connectivity index (χ0) is 22.8. The van der Waals surface area contributed by atoms with Gasteiger partial charge in [-0.25, -0.2) is 4.98 Å². The van der Waals surface area contributed by atoms with Gasteiger partial charge in [0.1, 0.15) is 5.82 Å². The minimum Gasteiger partial charge on any atom is -0.459 e. The van der Waals surface area contributed by atoms with Gasteiger partial charge in [-0.15, -0.1) is 0 Å². The molecule has 0 aliphatic rings. The van der Waals surface area contributed by atoms with Crippen LogP contribution in [0.5, 0.6) is 0 Å². The number of amides is 1. The van der Waals surface area contributed by atoms with E-state index in [0.29, 0.717) is 5.69 Å². The predicted octanol–water partition coefficient (Wildman–Crippen LogP) is 5.62. The van der Waals surface area contributed by atoms with E-state index in [1.54, 1.807) is 18.3 Å². The molecular formula is C26H23N5O2. The maximum Gasteiger partial charge on any atom is 0.291 e. The molecule has 0 radical (unpaired) electrons. The van der Waals surface area contributed by atoms with Gasteiger partial charge in [0.2, 0.25) is 0 Å². The van der Waals surface area contributed by atoms with E-state index in [2.05, 4.69) is 25.6 Å². The molecule has 0 bridgehead atoms. The molecule has 1 aromatic carbocycles. The number of rotatable bonds is 6. The number of furan rings is 1. The normalized spacial score (nSPS) is 11.9. The van der Waals surface area contributed by atoms with Crippen molar-refractivity contribution in [3.8, 4) is 0 Å². The topological polar surface area (TPSA) is 95.8 Å². The molecule has 5 rings (SSSR count). The van der Waals surface area contributed by atoms with Gasteiger partial charge in [0.25, 0.3) is 5.91 Å². The number of carbonyl (C=O) groups excluding carboxylic acids is 1. The molecule has 7 nitrogen and oxygen atoms in total. The predicted molar refractivity (Wildman–Crippen MR) is 128 cm³/mol. The Bertz CT molecular complexity index is 1410. The number of anilines is 2. The number of aromatic amines is 1. The minimum atomic E-state index is -0.295. The van der Waals surface area contributed by atoms with Crippen molar-refractivity contribution >= 4 is 28.3 Å². The number of nitrogens with zero attached hydrogens (tertiary/aromatic N) is 2. The standard InChI is InChI=1S/C26H23N5O2/c1-16-7-5-10-23(28-16)31-25(21-8-3-4-13-27-21)24-17(2)29-20-12-11-18(15-19(20)24)30-26(32)22-9-6-14-33-22/h3-15,25,29H,1-2H3,(H,28,31)(H,30,32)/t25-/m0/s1. The Balaban J connectivity index is 1.58. The molecule has 0 unspecified atom stereocenters. The van der Waals surface area contributed by atoms with E-state index < -0.39 is 0 Å². The second-order valence-corrected chi connectivity index (χ2v) is 7.85. The average molecular weight is 438 g/mol. The van der Waals surface area contributed by atoms with Crippen LogP contribution in [0, 0.1) is 13.8 Å². The van der Waals surface area contributed by atoms with Gasteiger partial charge < -0.3 is 20.0 Å². The monoisotopic (exact) mass is 437 g/mol. The summed E-state index contributed by atoms with van der Waals surface area (Å²) in [6.45, 7) is 4.00. The van der Waals surface area contributed by atoms with Gasteiger partial charge in [-0.2, -0.15) is 0 Å². The molecule has 0 aliphatic carbocycles. The van der Waals surface area contributed by atoms with Crippen molar-refractivity contribution in [2.45, 2.75) is 19.9 Å². The Labute approximate surface area is 190 Å². The number of nitrogens with one attached hydrogen (secondary N) is 3. The molecule has 33 heavy (non-hydrogen) atoms. The first-order valence-electron chi connectivity index (χ1n) is 10.7. The molecule has 0 aliphatic heterocycles. The SMILES string of the molecule is Cc1cccc(N[C@@H](c2ccccn2)c2c(C)[nH]c3ccc(NC(=O)c4ccco4)cc23)n1. The molecule has 3 N–H and O–H groups in total. The second-order valence-electron chi connectivity index (χ2n) is 7.85. The number of carbonyl (C=O) groups is 1. The summed E-state index contributed by atoms with van der Waals surface area (Å²) >= 11 is 0. The summed E-state index contributed by atoms with van der Waals surface area (Å²) < 4.78 is 5.21. The minimum absolute atomic E-state index is 0.245. The highest BCUT2D eigenvalue weighted by Crippen LogP contribution is 2.35. The molecule has 4 heterocycles. The Morgan fingerprint density at radius 3 is 2.70 bits per heavy atom. The van der Waals surface area contributed by atoms with E-state index in [4.69, 9.17) is 4.42 Å². The molecule has 1 amide bonds. The van der Waals surface area contributed by atoms with Gasteiger partial charge in [-0.05, 0) is 68.4 Å². The van der Waals surface area contributed by atoms with Gasteiger partial charge >= 0.3 is 0 Å². The third kappa shape index (κ3) is 4.21. The molecular weight excluding hydrogens is 414 g/mol. The number of H-pyrrole nitrogens is 1. The van der Waals surface area contributed by atoms with Gasteiger partial charge in [0.05, 0.1) is 18.0 Å². The van der Waals surface area contributed by atoms with E-state index in [1.807, 2.05) is 68.4 Å². The first-order valence-corrected chi connectivity index (χ1v) is 10.7. The van der Waals surface area contributed by atoms with E-state index >= 15 is 0 Å². The van der Waals surface area contributed by atoms with Crippen molar-refractivity contribution in [1.82, 2.24) is 15.0 Å². The Morgan fingerprint density at radius 2 is 1.94 bits per heavy atom. The van der Waals surface area contributed by atoms with Crippen LogP contribution in [0.4, 0.5) is 11.5 Å². The van der Waals surface area contributed by atoms with E-state index in [0.717, 1.165) is 39.4 Å². The van der Waals surface area contributed by atoms with Gasteiger partial charge in [-0.1, -0.05) is 12.1 Å². The number of pyridine rings is 2. The van der Waals surface area contributed by atoms with Crippen molar-refractivity contribution in [3.63, 3.8) is 0 Å². The fraction of sp³-hybridized carbons (Fsp3) is 0.115.